The molecule has 0 aliphatic rings. The van der Waals surface area contributed by atoms with Crippen LogP contribution >= 0.6 is 0 Å². The number of rotatable bonds is 8. The number of likely N-dealkylation sites (N-methyl/N-ethyl adjacent to an activating group) is 1. The first-order chi connectivity index (χ1) is 10.4. The fraction of sp³-hybridized carbons (Fsp3) is 0.533. The minimum atomic E-state index is -3.55. The molecule has 0 aromatic heterocycles. The highest BCUT2D eigenvalue weighted by Gasteiger charge is 2.17. The van der Waals surface area contributed by atoms with E-state index in [2.05, 4.69) is 10.0 Å². The average Bonchev–Trinajstić information content (AvgIpc) is 2.53. The van der Waals surface area contributed by atoms with Crippen LogP contribution < -0.4 is 10.0 Å². The number of hydrogen-bond acceptors (Lipinski definition) is 4. The molecule has 22 heavy (non-hydrogen) atoms. The highest BCUT2D eigenvalue weighted by Crippen LogP contribution is 2.12. The second kappa shape index (κ2) is 8.26. The highest BCUT2D eigenvalue weighted by molar-refractivity contribution is 7.89. The lowest BCUT2D eigenvalue weighted by atomic mass is 10.2. The van der Waals surface area contributed by atoms with Crippen molar-refractivity contribution in [2.24, 2.45) is 0 Å². The Morgan fingerprint density at radius 3 is 2.18 bits per heavy atom. The summed E-state index contributed by atoms with van der Waals surface area (Å²) in [4.78, 5) is 14.0. The summed E-state index contributed by atoms with van der Waals surface area (Å²) in [6, 6.07) is 6.07. The van der Waals surface area contributed by atoms with Crippen LogP contribution in [-0.4, -0.2) is 51.9 Å². The Labute approximate surface area is 132 Å². The third kappa shape index (κ3) is 4.79. The topological polar surface area (TPSA) is 78.5 Å². The lowest BCUT2D eigenvalue weighted by molar-refractivity contribution is 0.0773. The molecular formula is C15H25N3O3S. The summed E-state index contributed by atoms with van der Waals surface area (Å²) in [5, 5.41) is 2.96. The number of carbonyl (C=O) groups excluding carboxylic acids is 1. The maximum Gasteiger partial charge on any atom is 0.253 e. The number of carbonyl (C=O) groups is 1. The third-order valence-corrected chi connectivity index (χ3v) is 4.97. The van der Waals surface area contributed by atoms with E-state index in [4.69, 9.17) is 0 Å². The third-order valence-electron chi connectivity index (χ3n) is 3.53. The van der Waals surface area contributed by atoms with Crippen molar-refractivity contribution in [3.63, 3.8) is 0 Å². The van der Waals surface area contributed by atoms with Gasteiger partial charge in [-0.25, -0.2) is 13.1 Å². The zero-order valence-corrected chi connectivity index (χ0v) is 14.4. The van der Waals surface area contributed by atoms with Gasteiger partial charge in [0.15, 0.2) is 0 Å². The molecule has 0 saturated heterocycles. The molecule has 0 aliphatic carbocycles. The van der Waals surface area contributed by atoms with Crippen LogP contribution in [0.25, 0.3) is 0 Å². The first kappa shape index (κ1) is 18.6. The van der Waals surface area contributed by atoms with Crippen LogP contribution in [0.4, 0.5) is 0 Å². The summed E-state index contributed by atoms with van der Waals surface area (Å²) >= 11 is 0. The van der Waals surface area contributed by atoms with Crippen molar-refractivity contribution in [2.75, 3.05) is 26.7 Å². The molecule has 0 fully saturated rings. The number of hydrogen-bond donors (Lipinski definition) is 2. The SMILES string of the molecule is CCN(CC)C(=O)c1ccc(S(=O)(=O)NCC(C)NC)cc1. The zero-order valence-electron chi connectivity index (χ0n) is 13.6. The lowest BCUT2D eigenvalue weighted by Gasteiger charge is -2.18. The fourth-order valence-electron chi connectivity index (χ4n) is 1.89. The van der Waals surface area contributed by atoms with Gasteiger partial charge < -0.3 is 10.2 Å². The van der Waals surface area contributed by atoms with E-state index < -0.39 is 10.0 Å². The van der Waals surface area contributed by atoms with E-state index in [0.717, 1.165) is 0 Å². The van der Waals surface area contributed by atoms with Gasteiger partial charge in [0.1, 0.15) is 0 Å². The lowest BCUT2D eigenvalue weighted by Crippen LogP contribution is -2.37. The van der Waals surface area contributed by atoms with Crippen LogP contribution in [0.2, 0.25) is 0 Å². The quantitative estimate of drug-likeness (QED) is 0.748. The summed E-state index contributed by atoms with van der Waals surface area (Å²) in [5.41, 5.74) is 0.492. The van der Waals surface area contributed by atoms with E-state index in [-0.39, 0.29) is 16.8 Å². The van der Waals surface area contributed by atoms with Gasteiger partial charge in [-0.3, -0.25) is 4.79 Å². The maximum atomic E-state index is 12.2. The Morgan fingerprint density at radius 2 is 1.73 bits per heavy atom. The van der Waals surface area contributed by atoms with Gasteiger partial charge in [0, 0.05) is 31.2 Å². The van der Waals surface area contributed by atoms with Gasteiger partial charge in [-0.2, -0.15) is 0 Å². The summed E-state index contributed by atoms with van der Waals surface area (Å²) in [5.74, 6) is -0.0919. The summed E-state index contributed by atoms with van der Waals surface area (Å²) in [6.07, 6.45) is 0. The minimum Gasteiger partial charge on any atom is -0.339 e. The Bertz CT molecular complexity index is 581. The van der Waals surface area contributed by atoms with Gasteiger partial charge in [0.25, 0.3) is 5.91 Å². The highest BCUT2D eigenvalue weighted by atomic mass is 32.2. The predicted molar refractivity (Wildman–Crippen MR) is 87.4 cm³/mol. The Balaban J connectivity index is 2.86. The minimum absolute atomic E-state index is 0.0401. The van der Waals surface area contributed by atoms with Gasteiger partial charge in [0.2, 0.25) is 10.0 Å². The van der Waals surface area contributed by atoms with Crippen LogP contribution in [0.1, 0.15) is 31.1 Å². The molecule has 0 radical (unpaired) electrons. The smallest absolute Gasteiger partial charge is 0.253 e. The van der Waals surface area contributed by atoms with Crippen molar-refractivity contribution >= 4 is 15.9 Å². The molecule has 0 saturated carbocycles. The number of benzene rings is 1. The molecule has 1 unspecified atom stereocenters. The molecule has 0 spiro atoms. The normalized spacial score (nSPS) is 12.9. The van der Waals surface area contributed by atoms with Crippen LogP contribution in [0.3, 0.4) is 0 Å². The summed E-state index contributed by atoms with van der Waals surface area (Å²) < 4.78 is 26.8. The molecule has 1 amide bonds. The Hall–Kier alpha value is -1.44. The molecular weight excluding hydrogens is 302 g/mol. The number of sulfonamides is 1. The van der Waals surface area contributed by atoms with E-state index in [1.54, 1.807) is 24.1 Å². The van der Waals surface area contributed by atoms with E-state index in [1.165, 1.54) is 12.1 Å². The second-order valence-corrected chi connectivity index (χ2v) is 6.81. The molecule has 0 aliphatic heterocycles. The van der Waals surface area contributed by atoms with Gasteiger partial charge in [-0.1, -0.05) is 0 Å². The molecule has 0 bridgehead atoms. The van der Waals surface area contributed by atoms with E-state index in [1.807, 2.05) is 20.8 Å². The molecule has 1 rings (SSSR count). The molecule has 6 nitrogen and oxygen atoms in total. The fourth-order valence-corrected chi connectivity index (χ4v) is 3.02. The molecule has 1 aromatic carbocycles. The Kier molecular flexibility index (Phi) is 6.99. The summed E-state index contributed by atoms with van der Waals surface area (Å²) in [6.45, 7) is 7.26. The standard InChI is InChI=1S/C15H25N3O3S/c1-5-18(6-2)15(19)13-7-9-14(10-8-13)22(20,21)17-11-12(3)16-4/h7-10,12,16-17H,5-6,11H2,1-4H3. The van der Waals surface area contributed by atoms with Crippen molar-refractivity contribution in [1.29, 1.82) is 0 Å². The van der Waals surface area contributed by atoms with Gasteiger partial charge >= 0.3 is 0 Å². The zero-order chi connectivity index (χ0) is 16.8. The maximum absolute atomic E-state index is 12.2. The van der Waals surface area contributed by atoms with Crippen LogP contribution in [0.15, 0.2) is 29.2 Å². The van der Waals surface area contributed by atoms with Gasteiger partial charge in [-0.15, -0.1) is 0 Å². The van der Waals surface area contributed by atoms with Crippen LogP contribution in [-0.2, 0) is 10.0 Å². The number of amides is 1. The van der Waals surface area contributed by atoms with Gasteiger partial charge in [0.05, 0.1) is 4.90 Å². The first-order valence-electron chi connectivity index (χ1n) is 7.42. The van der Waals surface area contributed by atoms with E-state index in [9.17, 15) is 13.2 Å². The van der Waals surface area contributed by atoms with Crippen molar-refractivity contribution in [2.45, 2.75) is 31.7 Å². The van der Waals surface area contributed by atoms with E-state index >= 15 is 0 Å². The molecule has 124 valence electrons. The second-order valence-electron chi connectivity index (χ2n) is 5.04. The molecule has 2 N–H and O–H groups in total. The largest absolute Gasteiger partial charge is 0.339 e. The number of nitrogens with one attached hydrogen (secondary N) is 2. The Morgan fingerprint density at radius 1 is 1.18 bits per heavy atom. The number of nitrogens with zero attached hydrogens (tertiary/aromatic N) is 1. The van der Waals surface area contributed by atoms with Crippen LogP contribution in [0, 0.1) is 0 Å². The predicted octanol–water partition coefficient (Wildman–Crippen LogP) is 1.05. The van der Waals surface area contributed by atoms with Crippen molar-refractivity contribution in [3.05, 3.63) is 29.8 Å². The van der Waals surface area contributed by atoms with Crippen LogP contribution in [0.5, 0.6) is 0 Å². The molecule has 1 aromatic rings. The van der Waals surface area contributed by atoms with Crippen molar-refractivity contribution in [1.82, 2.24) is 14.9 Å². The monoisotopic (exact) mass is 327 g/mol. The first-order valence-corrected chi connectivity index (χ1v) is 8.90. The molecule has 0 heterocycles. The van der Waals surface area contributed by atoms with Crippen molar-refractivity contribution in [3.8, 4) is 0 Å². The molecule has 1 atom stereocenters. The molecule has 7 heteroatoms. The average molecular weight is 327 g/mol. The van der Waals surface area contributed by atoms with Gasteiger partial charge in [-0.05, 0) is 52.1 Å². The van der Waals surface area contributed by atoms with E-state index in [0.29, 0.717) is 25.2 Å². The van der Waals surface area contributed by atoms with Crippen molar-refractivity contribution < 1.29 is 13.2 Å². The summed E-state index contributed by atoms with van der Waals surface area (Å²) in [7, 11) is -1.78.